The minimum Gasteiger partial charge on any atom is -0.497 e. The number of nitrogens with one attached hydrogen (secondary N) is 2. The Morgan fingerprint density at radius 2 is 1.86 bits per heavy atom. The van der Waals surface area contributed by atoms with Crippen molar-refractivity contribution in [2.75, 3.05) is 19.0 Å². The highest BCUT2D eigenvalue weighted by Crippen LogP contribution is 2.36. The monoisotopic (exact) mass is 489 g/mol. The number of carbonyl (C=O) groups is 2. The summed E-state index contributed by atoms with van der Waals surface area (Å²) in [7, 11) is 1.56. The highest BCUT2D eigenvalue weighted by Gasteiger charge is 2.24. The standard InChI is InChI=1S/C25H19N3O6S/c1-32-15-8-6-14(7-9-15)22-17(12-19(29)27-13-20(30)28-25-26-10-11-35-25)21-23(34-22)16-4-2-3-5-18(16)33-24(21)31/h2-11H,12-13H2,1H3,(H,27,29)(H,26,28,30). The molecule has 5 aromatic rings. The van der Waals surface area contributed by atoms with Crippen molar-refractivity contribution in [2.45, 2.75) is 6.42 Å². The molecule has 0 bridgehead atoms. The van der Waals surface area contributed by atoms with Gasteiger partial charge in [-0.25, -0.2) is 9.78 Å². The molecule has 2 amide bonds. The maximum atomic E-state index is 12.9. The zero-order valence-electron chi connectivity index (χ0n) is 18.5. The number of aromatic nitrogens is 1. The molecule has 0 aliphatic carbocycles. The van der Waals surface area contributed by atoms with E-state index >= 15 is 0 Å². The molecular weight excluding hydrogens is 470 g/mol. The molecular formula is C25H19N3O6S. The number of para-hydroxylation sites is 1. The number of hydrogen-bond donors (Lipinski definition) is 2. The number of rotatable bonds is 7. The molecule has 0 aliphatic rings. The summed E-state index contributed by atoms with van der Waals surface area (Å²) < 4.78 is 16.9. The summed E-state index contributed by atoms with van der Waals surface area (Å²) >= 11 is 1.27. The second-order valence-electron chi connectivity index (χ2n) is 7.57. The minimum atomic E-state index is -0.605. The van der Waals surface area contributed by atoms with Gasteiger partial charge in [-0.2, -0.15) is 0 Å². The number of amides is 2. The molecule has 0 spiro atoms. The Bertz CT molecular complexity index is 1590. The van der Waals surface area contributed by atoms with Gasteiger partial charge in [-0.3, -0.25) is 9.59 Å². The highest BCUT2D eigenvalue weighted by atomic mass is 32.1. The van der Waals surface area contributed by atoms with Gasteiger partial charge in [0.05, 0.1) is 25.5 Å². The Morgan fingerprint density at radius 3 is 2.60 bits per heavy atom. The third-order valence-corrected chi connectivity index (χ3v) is 6.05. The number of methoxy groups -OCH3 is 1. The first-order chi connectivity index (χ1) is 17.0. The lowest BCUT2D eigenvalue weighted by molar-refractivity contribution is -0.123. The predicted molar refractivity (Wildman–Crippen MR) is 132 cm³/mol. The van der Waals surface area contributed by atoms with E-state index < -0.39 is 17.4 Å². The molecule has 176 valence electrons. The van der Waals surface area contributed by atoms with Gasteiger partial charge in [-0.15, -0.1) is 11.3 Å². The number of nitrogens with zero attached hydrogens (tertiary/aromatic N) is 1. The van der Waals surface area contributed by atoms with Crippen LogP contribution in [0.25, 0.3) is 33.3 Å². The van der Waals surface area contributed by atoms with E-state index in [1.807, 2.05) is 6.07 Å². The van der Waals surface area contributed by atoms with Crippen LogP contribution in [0.5, 0.6) is 5.75 Å². The topological polar surface area (TPSA) is 124 Å². The third kappa shape index (κ3) is 4.51. The van der Waals surface area contributed by atoms with Crippen LogP contribution >= 0.6 is 11.3 Å². The molecule has 0 unspecified atom stereocenters. The Morgan fingerprint density at radius 1 is 1.06 bits per heavy atom. The average Bonchev–Trinajstić information content (AvgIpc) is 3.51. The molecule has 2 aromatic carbocycles. The summed E-state index contributed by atoms with van der Waals surface area (Å²) in [5.41, 5.74) is 1.16. The predicted octanol–water partition coefficient (Wildman–Crippen LogP) is 3.97. The van der Waals surface area contributed by atoms with Gasteiger partial charge in [0.25, 0.3) is 0 Å². The zero-order chi connectivity index (χ0) is 24.4. The van der Waals surface area contributed by atoms with E-state index in [-0.39, 0.29) is 18.4 Å². The van der Waals surface area contributed by atoms with Crippen molar-refractivity contribution in [3.8, 4) is 17.1 Å². The first-order valence-corrected chi connectivity index (χ1v) is 11.5. The van der Waals surface area contributed by atoms with Crippen LogP contribution in [0.4, 0.5) is 5.13 Å². The summed E-state index contributed by atoms with van der Waals surface area (Å²) in [6.07, 6.45) is 1.38. The number of ether oxygens (including phenoxy) is 1. The maximum Gasteiger partial charge on any atom is 0.347 e. The van der Waals surface area contributed by atoms with Crippen molar-refractivity contribution in [3.63, 3.8) is 0 Å². The molecule has 9 nitrogen and oxygen atoms in total. The molecule has 10 heteroatoms. The quantitative estimate of drug-likeness (QED) is 0.332. The van der Waals surface area contributed by atoms with E-state index in [2.05, 4.69) is 15.6 Å². The maximum absolute atomic E-state index is 12.9. The first kappa shape index (κ1) is 22.4. The number of anilines is 1. The SMILES string of the molecule is COc1ccc(-c2oc3c(c2CC(=O)NCC(=O)Nc2nccs2)c(=O)oc2ccccc23)cc1. The molecule has 0 atom stereocenters. The molecule has 5 rings (SSSR count). The van der Waals surface area contributed by atoms with Crippen molar-refractivity contribution in [2.24, 2.45) is 0 Å². The van der Waals surface area contributed by atoms with Gasteiger partial charge in [0, 0.05) is 22.7 Å². The summed E-state index contributed by atoms with van der Waals surface area (Å²) in [6, 6.07) is 14.1. The summed E-state index contributed by atoms with van der Waals surface area (Å²) in [5, 5.41) is 8.16. The molecule has 3 aromatic heterocycles. The van der Waals surface area contributed by atoms with Crippen LogP contribution < -0.4 is 21.0 Å². The highest BCUT2D eigenvalue weighted by molar-refractivity contribution is 7.13. The van der Waals surface area contributed by atoms with Crippen molar-refractivity contribution >= 4 is 50.2 Å². The summed E-state index contributed by atoms with van der Waals surface area (Å²) in [6.45, 7) is -0.246. The lowest BCUT2D eigenvalue weighted by Gasteiger charge is -2.07. The molecule has 0 saturated heterocycles. The van der Waals surface area contributed by atoms with E-state index in [1.165, 1.54) is 11.3 Å². The van der Waals surface area contributed by atoms with E-state index in [9.17, 15) is 14.4 Å². The second kappa shape index (κ2) is 9.43. The average molecular weight is 490 g/mol. The number of hydrogen-bond acceptors (Lipinski definition) is 8. The van der Waals surface area contributed by atoms with Crippen molar-refractivity contribution in [3.05, 3.63) is 76.1 Å². The van der Waals surface area contributed by atoms with E-state index in [0.717, 1.165) is 0 Å². The van der Waals surface area contributed by atoms with Gasteiger partial charge in [0.1, 0.15) is 22.5 Å². The van der Waals surface area contributed by atoms with Crippen LogP contribution in [0, 0.1) is 0 Å². The number of thiazole rings is 1. The Kier molecular flexibility index (Phi) is 6.02. The fourth-order valence-electron chi connectivity index (χ4n) is 3.76. The second-order valence-corrected chi connectivity index (χ2v) is 8.46. The van der Waals surface area contributed by atoms with Gasteiger partial charge in [0.2, 0.25) is 11.8 Å². The number of furan rings is 1. The Balaban J connectivity index is 1.50. The van der Waals surface area contributed by atoms with Gasteiger partial charge in [-0.05, 0) is 36.4 Å². The summed E-state index contributed by atoms with van der Waals surface area (Å²) in [5.74, 6) is 0.157. The van der Waals surface area contributed by atoms with Crippen molar-refractivity contribution in [1.82, 2.24) is 10.3 Å². The fourth-order valence-corrected chi connectivity index (χ4v) is 4.30. The number of fused-ring (bicyclic) bond motifs is 3. The lowest BCUT2D eigenvalue weighted by atomic mass is 10.0. The molecule has 0 radical (unpaired) electrons. The molecule has 2 N–H and O–H groups in total. The molecule has 0 aliphatic heterocycles. The van der Waals surface area contributed by atoms with Gasteiger partial charge in [0.15, 0.2) is 10.7 Å². The van der Waals surface area contributed by atoms with Crippen LogP contribution in [-0.2, 0) is 16.0 Å². The Labute approximate surface area is 202 Å². The van der Waals surface area contributed by atoms with Gasteiger partial charge >= 0.3 is 5.63 Å². The van der Waals surface area contributed by atoms with Crippen LogP contribution in [0.2, 0.25) is 0 Å². The summed E-state index contributed by atoms with van der Waals surface area (Å²) in [4.78, 5) is 41.9. The van der Waals surface area contributed by atoms with Crippen LogP contribution in [0.1, 0.15) is 5.56 Å². The minimum absolute atomic E-state index is 0.192. The van der Waals surface area contributed by atoms with E-state index in [4.69, 9.17) is 13.6 Å². The Hall–Kier alpha value is -4.44. The normalized spacial score (nSPS) is 11.0. The van der Waals surface area contributed by atoms with Crippen molar-refractivity contribution in [1.29, 1.82) is 0 Å². The molecule has 0 saturated carbocycles. The molecule has 0 fully saturated rings. The largest absolute Gasteiger partial charge is 0.497 e. The zero-order valence-corrected chi connectivity index (χ0v) is 19.3. The number of benzene rings is 2. The third-order valence-electron chi connectivity index (χ3n) is 5.36. The first-order valence-electron chi connectivity index (χ1n) is 10.6. The van der Waals surface area contributed by atoms with Crippen LogP contribution in [0.15, 0.2) is 73.7 Å². The molecule has 3 heterocycles. The van der Waals surface area contributed by atoms with Gasteiger partial charge in [-0.1, -0.05) is 12.1 Å². The lowest BCUT2D eigenvalue weighted by Crippen LogP contribution is -2.33. The van der Waals surface area contributed by atoms with Crippen LogP contribution in [-0.4, -0.2) is 30.5 Å². The van der Waals surface area contributed by atoms with Crippen LogP contribution in [0.3, 0.4) is 0 Å². The van der Waals surface area contributed by atoms with E-state index in [0.29, 0.717) is 44.3 Å². The van der Waals surface area contributed by atoms with Crippen molar-refractivity contribution < 1.29 is 23.2 Å². The smallest absolute Gasteiger partial charge is 0.347 e. The number of carbonyl (C=O) groups excluding carboxylic acids is 2. The fraction of sp³-hybridized carbons (Fsp3) is 0.120. The molecule has 35 heavy (non-hydrogen) atoms. The van der Waals surface area contributed by atoms with E-state index in [1.54, 1.807) is 61.2 Å². The van der Waals surface area contributed by atoms with Gasteiger partial charge < -0.3 is 24.2 Å².